The predicted molar refractivity (Wildman–Crippen MR) is 85.5 cm³/mol. The molecule has 5 nitrogen and oxygen atoms in total. The van der Waals surface area contributed by atoms with Gasteiger partial charge in [0.1, 0.15) is 12.0 Å². The van der Waals surface area contributed by atoms with Crippen LogP contribution in [-0.4, -0.2) is 30.0 Å². The van der Waals surface area contributed by atoms with E-state index in [9.17, 15) is 9.59 Å². The maximum atomic E-state index is 12.1. The number of hydrogen-bond donors (Lipinski definition) is 1. The fourth-order valence-electron chi connectivity index (χ4n) is 2.78. The fourth-order valence-corrected chi connectivity index (χ4v) is 2.78. The second-order valence-electron chi connectivity index (χ2n) is 5.71. The number of hydrogen-bond acceptors (Lipinski definition) is 3. The van der Waals surface area contributed by atoms with Crippen molar-refractivity contribution in [1.82, 2.24) is 4.90 Å². The van der Waals surface area contributed by atoms with Gasteiger partial charge in [0.2, 0.25) is 5.91 Å². The minimum absolute atomic E-state index is 0.213. The zero-order valence-corrected chi connectivity index (χ0v) is 12.6. The number of rotatable bonds is 4. The number of primary amides is 1. The normalized spacial score (nSPS) is 15.6. The summed E-state index contributed by atoms with van der Waals surface area (Å²) in [6.07, 6.45) is -0.429. The molecule has 1 fully saturated rings. The molecule has 118 valence electrons. The molecule has 1 heterocycles. The molecule has 0 aliphatic carbocycles. The van der Waals surface area contributed by atoms with E-state index in [4.69, 9.17) is 10.5 Å². The van der Waals surface area contributed by atoms with E-state index in [0.717, 1.165) is 11.1 Å². The van der Waals surface area contributed by atoms with Crippen molar-refractivity contribution in [1.29, 1.82) is 0 Å². The predicted octanol–water partition coefficient (Wildman–Crippen LogP) is 2.06. The topological polar surface area (TPSA) is 72.6 Å². The zero-order valence-electron chi connectivity index (χ0n) is 12.6. The highest BCUT2D eigenvalue weighted by Crippen LogP contribution is 2.34. The Bertz CT molecular complexity index is 695. The van der Waals surface area contributed by atoms with E-state index in [1.165, 1.54) is 4.90 Å². The van der Waals surface area contributed by atoms with Gasteiger partial charge >= 0.3 is 6.09 Å². The molecule has 2 aromatic rings. The lowest BCUT2D eigenvalue weighted by atomic mass is 9.73. The molecule has 0 unspecified atom stereocenters. The molecule has 0 spiro atoms. The SMILES string of the molecule is NC(=O)C1(c2ccccc2)CN(C(=O)OCc2ccccc2)C1. The van der Waals surface area contributed by atoms with E-state index in [0.29, 0.717) is 0 Å². The molecule has 0 aromatic heterocycles. The Morgan fingerprint density at radius 2 is 1.57 bits per heavy atom. The van der Waals surface area contributed by atoms with Gasteiger partial charge in [-0.2, -0.15) is 0 Å². The molecule has 0 saturated carbocycles. The molecule has 0 bridgehead atoms. The number of nitrogens with zero attached hydrogens (tertiary/aromatic N) is 1. The summed E-state index contributed by atoms with van der Waals surface area (Å²) in [7, 11) is 0. The summed E-state index contributed by atoms with van der Waals surface area (Å²) in [5.74, 6) is -0.421. The largest absolute Gasteiger partial charge is 0.445 e. The first kappa shape index (κ1) is 15.1. The van der Waals surface area contributed by atoms with E-state index in [1.807, 2.05) is 60.7 Å². The van der Waals surface area contributed by atoms with Gasteiger partial charge in [0.15, 0.2) is 0 Å². The lowest BCUT2D eigenvalue weighted by Gasteiger charge is -2.47. The Labute approximate surface area is 134 Å². The molecule has 1 saturated heterocycles. The van der Waals surface area contributed by atoms with Gasteiger partial charge < -0.3 is 15.4 Å². The van der Waals surface area contributed by atoms with Crippen LogP contribution in [0, 0.1) is 0 Å². The third-order valence-corrected chi connectivity index (χ3v) is 4.18. The lowest BCUT2D eigenvalue weighted by Crippen LogP contribution is -2.66. The number of benzene rings is 2. The summed E-state index contributed by atoms with van der Waals surface area (Å²) in [6, 6.07) is 18.8. The van der Waals surface area contributed by atoms with Gasteiger partial charge in [-0.1, -0.05) is 60.7 Å². The molecular weight excluding hydrogens is 292 g/mol. The molecule has 2 N–H and O–H groups in total. The highest BCUT2D eigenvalue weighted by Gasteiger charge is 2.51. The second-order valence-corrected chi connectivity index (χ2v) is 5.71. The Morgan fingerprint density at radius 3 is 2.13 bits per heavy atom. The van der Waals surface area contributed by atoms with E-state index < -0.39 is 17.4 Å². The van der Waals surface area contributed by atoms with Gasteiger partial charge in [-0.25, -0.2) is 4.79 Å². The first-order chi connectivity index (χ1) is 11.1. The molecule has 2 aromatic carbocycles. The van der Waals surface area contributed by atoms with Gasteiger partial charge in [0.25, 0.3) is 0 Å². The zero-order chi connectivity index (χ0) is 16.3. The Morgan fingerprint density at radius 1 is 1.00 bits per heavy atom. The average Bonchev–Trinajstić information content (AvgIpc) is 2.53. The van der Waals surface area contributed by atoms with Gasteiger partial charge in [-0.15, -0.1) is 0 Å². The van der Waals surface area contributed by atoms with Crippen molar-refractivity contribution in [2.75, 3.05) is 13.1 Å². The van der Waals surface area contributed by atoms with Crippen molar-refractivity contribution in [2.24, 2.45) is 5.73 Å². The minimum Gasteiger partial charge on any atom is -0.445 e. The van der Waals surface area contributed by atoms with Crippen LogP contribution in [0.4, 0.5) is 4.79 Å². The molecule has 5 heteroatoms. The number of likely N-dealkylation sites (tertiary alicyclic amines) is 1. The Kier molecular flexibility index (Phi) is 4.02. The lowest BCUT2D eigenvalue weighted by molar-refractivity contribution is -0.129. The van der Waals surface area contributed by atoms with E-state index >= 15 is 0 Å². The fraction of sp³-hybridized carbons (Fsp3) is 0.222. The van der Waals surface area contributed by atoms with Crippen LogP contribution in [0.3, 0.4) is 0 Å². The average molecular weight is 310 g/mol. The molecule has 3 rings (SSSR count). The number of ether oxygens (including phenoxy) is 1. The van der Waals surface area contributed by atoms with E-state index in [1.54, 1.807) is 0 Å². The molecule has 1 aliphatic heterocycles. The molecule has 2 amide bonds. The van der Waals surface area contributed by atoms with Crippen LogP contribution < -0.4 is 5.73 Å². The summed E-state index contributed by atoms with van der Waals surface area (Å²) in [5, 5.41) is 0. The van der Waals surface area contributed by atoms with Crippen LogP contribution in [0.5, 0.6) is 0 Å². The smallest absolute Gasteiger partial charge is 0.410 e. The third kappa shape index (κ3) is 2.90. The molecule has 23 heavy (non-hydrogen) atoms. The Balaban J connectivity index is 1.62. The first-order valence-corrected chi connectivity index (χ1v) is 7.43. The summed E-state index contributed by atoms with van der Waals surface area (Å²) >= 11 is 0. The van der Waals surface area contributed by atoms with Crippen molar-refractivity contribution in [3.05, 3.63) is 71.8 Å². The maximum Gasteiger partial charge on any atom is 0.410 e. The standard InChI is InChI=1S/C18H18N2O3/c19-16(21)18(15-9-5-2-6-10-15)12-20(13-18)17(22)23-11-14-7-3-1-4-8-14/h1-10H,11-13H2,(H2,19,21). The summed E-state index contributed by atoms with van der Waals surface area (Å²) in [5.41, 5.74) is 6.52. The Hall–Kier alpha value is -2.82. The van der Waals surface area contributed by atoms with Gasteiger partial charge in [0.05, 0.1) is 0 Å². The number of amides is 2. The maximum absolute atomic E-state index is 12.1. The molecular formula is C18H18N2O3. The van der Waals surface area contributed by atoms with Crippen molar-refractivity contribution >= 4 is 12.0 Å². The van der Waals surface area contributed by atoms with Crippen molar-refractivity contribution < 1.29 is 14.3 Å². The highest BCUT2D eigenvalue weighted by atomic mass is 16.6. The number of carbonyl (C=O) groups excluding carboxylic acids is 2. The third-order valence-electron chi connectivity index (χ3n) is 4.18. The van der Waals surface area contributed by atoms with Crippen LogP contribution >= 0.6 is 0 Å². The summed E-state index contributed by atoms with van der Waals surface area (Å²) in [6.45, 7) is 0.713. The molecule has 1 aliphatic rings. The van der Waals surface area contributed by atoms with Crippen molar-refractivity contribution in [3.63, 3.8) is 0 Å². The van der Waals surface area contributed by atoms with Crippen LogP contribution in [0.15, 0.2) is 60.7 Å². The van der Waals surface area contributed by atoms with Crippen LogP contribution in [0.1, 0.15) is 11.1 Å². The van der Waals surface area contributed by atoms with Crippen molar-refractivity contribution in [2.45, 2.75) is 12.0 Å². The highest BCUT2D eigenvalue weighted by molar-refractivity contribution is 5.90. The summed E-state index contributed by atoms with van der Waals surface area (Å²) < 4.78 is 5.28. The minimum atomic E-state index is -0.812. The molecule has 0 atom stereocenters. The monoisotopic (exact) mass is 310 g/mol. The molecule has 0 radical (unpaired) electrons. The van der Waals surface area contributed by atoms with Gasteiger partial charge in [-0.05, 0) is 11.1 Å². The van der Waals surface area contributed by atoms with E-state index in [-0.39, 0.29) is 19.7 Å². The second kappa shape index (κ2) is 6.12. The van der Waals surface area contributed by atoms with Crippen LogP contribution in [-0.2, 0) is 21.6 Å². The van der Waals surface area contributed by atoms with E-state index in [2.05, 4.69) is 0 Å². The van der Waals surface area contributed by atoms with Crippen LogP contribution in [0.2, 0.25) is 0 Å². The first-order valence-electron chi connectivity index (χ1n) is 7.43. The number of carbonyl (C=O) groups is 2. The van der Waals surface area contributed by atoms with Crippen LogP contribution in [0.25, 0.3) is 0 Å². The van der Waals surface area contributed by atoms with Gasteiger partial charge in [-0.3, -0.25) is 4.79 Å². The van der Waals surface area contributed by atoms with Crippen molar-refractivity contribution in [3.8, 4) is 0 Å². The quantitative estimate of drug-likeness (QED) is 0.939. The summed E-state index contributed by atoms with van der Waals surface area (Å²) in [4.78, 5) is 25.5. The van der Waals surface area contributed by atoms with Gasteiger partial charge in [0, 0.05) is 13.1 Å². The number of nitrogens with two attached hydrogens (primary N) is 1.